The number of benzene rings is 1. The largest absolute Gasteiger partial charge is 0.289 e. The van der Waals surface area contributed by atoms with Crippen molar-refractivity contribution in [3.8, 4) is 0 Å². The second-order valence-corrected chi connectivity index (χ2v) is 4.59. The molecule has 2 nitrogen and oxygen atoms in total. The van der Waals surface area contributed by atoms with Gasteiger partial charge in [0.1, 0.15) is 0 Å². The minimum Gasteiger partial charge on any atom is -0.289 e. The highest BCUT2D eigenvalue weighted by molar-refractivity contribution is 6.27. The van der Waals surface area contributed by atoms with Crippen LogP contribution in [0.25, 0.3) is 10.4 Å². The molecule has 2 rings (SSSR count). The molecular formula is C15H11F2NO. The molecule has 1 aromatic carbocycles. The molecule has 0 amide bonds. The number of nitrogens with zero attached hydrogens (tertiary/aromatic N) is 1. The predicted octanol–water partition coefficient (Wildman–Crippen LogP) is 4.15. The van der Waals surface area contributed by atoms with E-state index in [0.717, 1.165) is 17.7 Å². The number of rotatable bonds is 0. The number of fused-ring (bicyclic) bond motifs is 1. The molecule has 0 unspecified atom stereocenters. The lowest BCUT2D eigenvalue weighted by atomic mass is 10.00. The number of halogens is 2. The van der Waals surface area contributed by atoms with E-state index in [4.69, 9.17) is 6.57 Å². The van der Waals surface area contributed by atoms with Crippen LogP contribution in [0, 0.1) is 18.2 Å². The van der Waals surface area contributed by atoms with Gasteiger partial charge in [0.25, 0.3) is 0 Å². The molecule has 0 saturated heterocycles. The second kappa shape index (κ2) is 4.43. The van der Waals surface area contributed by atoms with Crippen molar-refractivity contribution in [1.29, 1.82) is 0 Å². The van der Waals surface area contributed by atoms with Gasteiger partial charge in [-0.1, -0.05) is 5.57 Å². The third-order valence-electron chi connectivity index (χ3n) is 3.08. The van der Waals surface area contributed by atoms with Crippen LogP contribution in [-0.4, -0.2) is 5.78 Å². The van der Waals surface area contributed by atoms with Crippen molar-refractivity contribution in [3.05, 3.63) is 63.2 Å². The molecule has 0 saturated carbocycles. The van der Waals surface area contributed by atoms with E-state index in [1.807, 2.05) is 0 Å². The average Bonchev–Trinajstić information content (AvgIpc) is 2.63. The van der Waals surface area contributed by atoms with Gasteiger partial charge in [0.05, 0.1) is 6.57 Å². The summed E-state index contributed by atoms with van der Waals surface area (Å²) in [5.41, 5.74) is 2.22. The van der Waals surface area contributed by atoms with Crippen molar-refractivity contribution in [2.45, 2.75) is 20.8 Å². The summed E-state index contributed by atoms with van der Waals surface area (Å²) in [6, 6.07) is 1.89. The highest BCUT2D eigenvalue weighted by Gasteiger charge is 2.33. The first-order valence-corrected chi connectivity index (χ1v) is 5.68. The quantitative estimate of drug-likeness (QED) is 0.506. The van der Waals surface area contributed by atoms with Gasteiger partial charge in [0.2, 0.25) is 0 Å². The number of hydrogen-bond donors (Lipinski definition) is 0. The van der Waals surface area contributed by atoms with E-state index in [0.29, 0.717) is 22.4 Å². The first kappa shape index (κ1) is 13.2. The molecule has 19 heavy (non-hydrogen) atoms. The van der Waals surface area contributed by atoms with Crippen LogP contribution in [0.5, 0.6) is 0 Å². The molecule has 0 heterocycles. The Labute approximate surface area is 109 Å². The summed E-state index contributed by atoms with van der Waals surface area (Å²) >= 11 is 0. The Kier molecular flexibility index (Phi) is 3.07. The summed E-state index contributed by atoms with van der Waals surface area (Å²) in [7, 11) is 0. The predicted molar refractivity (Wildman–Crippen MR) is 68.3 cm³/mol. The SMILES string of the molecule is [C-]#[N+]/C(C)=C1/C(=C(C)C)C(=O)c2cc(F)c(F)cc21. The molecule has 4 heteroatoms. The molecule has 96 valence electrons. The maximum atomic E-state index is 13.4. The van der Waals surface area contributed by atoms with E-state index in [1.165, 1.54) is 0 Å². The fourth-order valence-corrected chi connectivity index (χ4v) is 2.23. The molecule has 0 fully saturated rings. The lowest BCUT2D eigenvalue weighted by molar-refractivity contribution is 0.104. The Balaban J connectivity index is 2.91. The van der Waals surface area contributed by atoms with E-state index in [2.05, 4.69) is 4.85 Å². The molecule has 0 atom stereocenters. The van der Waals surface area contributed by atoms with Crippen molar-refractivity contribution in [2.75, 3.05) is 0 Å². The molecule has 0 aromatic heterocycles. The fraction of sp³-hybridized carbons (Fsp3) is 0.200. The topological polar surface area (TPSA) is 21.4 Å². The molecule has 1 aliphatic carbocycles. The van der Waals surface area contributed by atoms with Crippen LogP contribution in [0.1, 0.15) is 36.7 Å². The van der Waals surface area contributed by atoms with Crippen molar-refractivity contribution < 1.29 is 13.6 Å². The highest BCUT2D eigenvalue weighted by Crippen LogP contribution is 2.41. The van der Waals surface area contributed by atoms with E-state index in [1.54, 1.807) is 20.8 Å². The molecule has 0 spiro atoms. The number of carbonyl (C=O) groups excluding carboxylic acids is 1. The molecule has 1 aliphatic rings. The summed E-state index contributed by atoms with van der Waals surface area (Å²) < 4.78 is 26.6. The van der Waals surface area contributed by atoms with Crippen LogP contribution in [0.3, 0.4) is 0 Å². The zero-order valence-electron chi connectivity index (χ0n) is 10.8. The highest BCUT2D eigenvalue weighted by atomic mass is 19.2. The first-order chi connectivity index (χ1) is 8.88. The Morgan fingerprint density at radius 2 is 1.58 bits per heavy atom. The lowest BCUT2D eigenvalue weighted by Crippen LogP contribution is -1.98. The minimum atomic E-state index is -1.05. The smallest absolute Gasteiger partial charge is 0.192 e. The first-order valence-electron chi connectivity index (χ1n) is 5.68. The molecule has 0 N–H and O–H groups in total. The molecular weight excluding hydrogens is 248 g/mol. The summed E-state index contributed by atoms with van der Waals surface area (Å²) in [4.78, 5) is 15.6. The molecule has 0 aliphatic heterocycles. The second-order valence-electron chi connectivity index (χ2n) is 4.59. The molecule has 1 aromatic rings. The molecule has 0 bridgehead atoms. The maximum absolute atomic E-state index is 13.4. The van der Waals surface area contributed by atoms with E-state index >= 15 is 0 Å². The van der Waals surface area contributed by atoms with Crippen LogP contribution in [0.15, 0.2) is 29.0 Å². The number of hydrogen-bond acceptors (Lipinski definition) is 1. The van der Waals surface area contributed by atoms with Gasteiger partial charge in [0.15, 0.2) is 23.1 Å². The van der Waals surface area contributed by atoms with Crippen LogP contribution in [-0.2, 0) is 0 Å². The van der Waals surface area contributed by atoms with Gasteiger partial charge in [-0.25, -0.2) is 13.6 Å². The zero-order valence-corrected chi connectivity index (χ0v) is 10.8. The van der Waals surface area contributed by atoms with E-state index in [-0.39, 0.29) is 11.3 Å². The Bertz CT molecular complexity index is 702. The number of Topliss-reactive ketones (excluding diaryl/α,β-unsaturated/α-hetero) is 1. The normalized spacial score (nSPS) is 16.2. The van der Waals surface area contributed by atoms with Gasteiger partial charge in [-0.15, -0.1) is 0 Å². The van der Waals surface area contributed by atoms with E-state index in [9.17, 15) is 13.6 Å². The average molecular weight is 259 g/mol. The third kappa shape index (κ3) is 1.88. The van der Waals surface area contributed by atoms with Gasteiger partial charge in [-0.2, -0.15) is 0 Å². The van der Waals surface area contributed by atoms with Gasteiger partial charge >= 0.3 is 0 Å². The van der Waals surface area contributed by atoms with Crippen LogP contribution >= 0.6 is 0 Å². The third-order valence-corrected chi connectivity index (χ3v) is 3.08. The number of allylic oxidation sites excluding steroid dienone is 4. The van der Waals surface area contributed by atoms with Crippen LogP contribution < -0.4 is 0 Å². The van der Waals surface area contributed by atoms with Crippen molar-refractivity contribution in [1.82, 2.24) is 0 Å². The summed E-state index contributed by atoms with van der Waals surface area (Å²) in [5.74, 6) is -2.43. The van der Waals surface area contributed by atoms with E-state index < -0.39 is 11.6 Å². The van der Waals surface area contributed by atoms with Gasteiger partial charge in [-0.3, -0.25) is 4.79 Å². The zero-order chi connectivity index (χ0) is 14.3. The van der Waals surface area contributed by atoms with Gasteiger partial charge < -0.3 is 0 Å². The summed E-state index contributed by atoms with van der Waals surface area (Å²) in [6.07, 6.45) is 0. The fourth-order valence-electron chi connectivity index (χ4n) is 2.23. The van der Waals surface area contributed by atoms with Gasteiger partial charge in [0, 0.05) is 11.1 Å². The lowest BCUT2D eigenvalue weighted by Gasteiger charge is -2.05. The summed E-state index contributed by atoms with van der Waals surface area (Å²) in [5, 5.41) is 0. The Morgan fingerprint density at radius 3 is 2.05 bits per heavy atom. The number of carbonyl (C=O) groups is 1. The van der Waals surface area contributed by atoms with Gasteiger partial charge in [-0.05, 0) is 44.0 Å². The Morgan fingerprint density at radius 1 is 1.05 bits per heavy atom. The molecule has 0 radical (unpaired) electrons. The minimum absolute atomic E-state index is 0.119. The van der Waals surface area contributed by atoms with Crippen LogP contribution in [0.2, 0.25) is 0 Å². The summed E-state index contributed by atoms with van der Waals surface area (Å²) in [6.45, 7) is 12.1. The van der Waals surface area contributed by atoms with Crippen molar-refractivity contribution >= 4 is 11.4 Å². The number of ketones is 1. The maximum Gasteiger partial charge on any atom is 0.192 e. The van der Waals surface area contributed by atoms with Crippen molar-refractivity contribution in [2.24, 2.45) is 0 Å². The van der Waals surface area contributed by atoms with Crippen molar-refractivity contribution in [3.63, 3.8) is 0 Å². The monoisotopic (exact) mass is 259 g/mol. The van der Waals surface area contributed by atoms with Crippen LogP contribution in [0.4, 0.5) is 8.78 Å². The Hall–Kier alpha value is -2.28. The standard InChI is InChI=1S/C15H11F2NO/c1-7(2)13-14(8(3)18-4)9-5-11(16)12(17)6-10(9)15(13)19/h5-6H,1-3H3/b14-8+.